The van der Waals surface area contributed by atoms with Crippen molar-refractivity contribution in [1.82, 2.24) is 15.0 Å². The van der Waals surface area contributed by atoms with Gasteiger partial charge >= 0.3 is 0 Å². The van der Waals surface area contributed by atoms with Gasteiger partial charge in [0.05, 0.1) is 18.2 Å². The average Bonchev–Trinajstić information content (AvgIpc) is 2.73. The lowest BCUT2D eigenvalue weighted by Crippen LogP contribution is -2.24. The zero-order valence-electron chi connectivity index (χ0n) is 9.47. The first-order chi connectivity index (χ1) is 8.33. The van der Waals surface area contributed by atoms with Gasteiger partial charge in [0.15, 0.2) is 0 Å². The molecule has 1 aromatic carbocycles. The minimum Gasteiger partial charge on any atom is -0.376 e. The topological polar surface area (TPSA) is 39.9 Å². The average molecular weight is 252 g/mol. The third-order valence-electron chi connectivity index (χ3n) is 3.13. The standard InChI is InChI=1S/C12H14ClN3O/c13-9-4-5-11-12(7-9)16(15-14-11)8-10-3-1-2-6-17-10/h4-5,7,10H,1-3,6,8H2. The molecule has 4 nitrogen and oxygen atoms in total. The Balaban J connectivity index is 1.86. The van der Waals surface area contributed by atoms with E-state index in [0.29, 0.717) is 5.02 Å². The van der Waals surface area contributed by atoms with Gasteiger partial charge in [-0.25, -0.2) is 4.68 Å². The summed E-state index contributed by atoms with van der Waals surface area (Å²) in [6.07, 6.45) is 3.76. The predicted octanol–water partition coefficient (Wildman–Crippen LogP) is 2.65. The van der Waals surface area contributed by atoms with Gasteiger partial charge in [0.25, 0.3) is 0 Å². The molecule has 1 unspecified atom stereocenters. The molecule has 1 saturated heterocycles. The molecule has 1 aliphatic heterocycles. The number of fused-ring (bicyclic) bond motifs is 1. The van der Waals surface area contributed by atoms with Gasteiger partial charge in [-0.15, -0.1) is 5.10 Å². The first kappa shape index (κ1) is 11.0. The van der Waals surface area contributed by atoms with E-state index in [-0.39, 0.29) is 6.10 Å². The Hall–Kier alpha value is -1.13. The Morgan fingerprint density at radius 1 is 1.41 bits per heavy atom. The number of halogens is 1. The molecule has 0 N–H and O–H groups in total. The van der Waals surface area contributed by atoms with Crippen LogP contribution >= 0.6 is 11.6 Å². The SMILES string of the molecule is Clc1ccc2nnn(CC3CCCCO3)c2c1. The zero-order valence-corrected chi connectivity index (χ0v) is 10.2. The van der Waals surface area contributed by atoms with E-state index < -0.39 is 0 Å². The van der Waals surface area contributed by atoms with E-state index in [1.807, 2.05) is 22.9 Å². The predicted molar refractivity (Wildman–Crippen MR) is 66.1 cm³/mol. The van der Waals surface area contributed by atoms with E-state index in [1.165, 1.54) is 12.8 Å². The van der Waals surface area contributed by atoms with E-state index in [0.717, 1.165) is 30.6 Å². The number of benzene rings is 1. The highest BCUT2D eigenvalue weighted by molar-refractivity contribution is 6.31. The summed E-state index contributed by atoms with van der Waals surface area (Å²) in [5, 5.41) is 9.00. The molecular formula is C12H14ClN3O. The van der Waals surface area contributed by atoms with Gasteiger partial charge in [-0.3, -0.25) is 0 Å². The second-order valence-corrected chi connectivity index (χ2v) is 4.83. The Labute approximate surface area is 105 Å². The lowest BCUT2D eigenvalue weighted by molar-refractivity contribution is 0.00443. The molecule has 2 heterocycles. The maximum atomic E-state index is 5.99. The van der Waals surface area contributed by atoms with Crippen LogP contribution in [0.1, 0.15) is 19.3 Å². The lowest BCUT2D eigenvalue weighted by Gasteiger charge is -2.22. The van der Waals surface area contributed by atoms with Gasteiger partial charge in [0, 0.05) is 11.6 Å². The van der Waals surface area contributed by atoms with Crippen LogP contribution in [0.2, 0.25) is 5.02 Å². The number of hydrogen-bond donors (Lipinski definition) is 0. The van der Waals surface area contributed by atoms with Gasteiger partial charge in [0.1, 0.15) is 5.52 Å². The number of nitrogens with zero attached hydrogens (tertiary/aromatic N) is 3. The number of rotatable bonds is 2. The molecule has 0 aliphatic carbocycles. The molecule has 3 rings (SSSR count). The van der Waals surface area contributed by atoms with Crippen molar-refractivity contribution in [1.29, 1.82) is 0 Å². The minimum atomic E-state index is 0.257. The highest BCUT2D eigenvalue weighted by Gasteiger charge is 2.16. The van der Waals surface area contributed by atoms with Crippen molar-refractivity contribution in [2.75, 3.05) is 6.61 Å². The summed E-state index contributed by atoms with van der Waals surface area (Å²) in [6.45, 7) is 1.62. The molecule has 1 aromatic heterocycles. The smallest absolute Gasteiger partial charge is 0.113 e. The molecule has 1 fully saturated rings. The number of ether oxygens (including phenoxy) is 1. The zero-order chi connectivity index (χ0) is 11.7. The lowest BCUT2D eigenvalue weighted by atomic mass is 10.1. The summed E-state index contributed by atoms with van der Waals surface area (Å²) >= 11 is 5.99. The van der Waals surface area contributed by atoms with Crippen molar-refractivity contribution in [3.63, 3.8) is 0 Å². The van der Waals surface area contributed by atoms with Gasteiger partial charge in [-0.05, 0) is 37.5 Å². The fourth-order valence-corrected chi connectivity index (χ4v) is 2.38. The third kappa shape index (κ3) is 2.28. The van der Waals surface area contributed by atoms with Crippen molar-refractivity contribution >= 4 is 22.6 Å². The van der Waals surface area contributed by atoms with Gasteiger partial charge in [0.2, 0.25) is 0 Å². The Morgan fingerprint density at radius 3 is 3.18 bits per heavy atom. The Kier molecular flexibility index (Phi) is 2.99. The molecule has 2 aromatic rings. The van der Waals surface area contributed by atoms with Crippen LogP contribution in [0, 0.1) is 0 Å². The van der Waals surface area contributed by atoms with Crippen molar-refractivity contribution in [2.24, 2.45) is 0 Å². The molecule has 0 saturated carbocycles. The molecule has 0 radical (unpaired) electrons. The maximum Gasteiger partial charge on any atom is 0.113 e. The Bertz CT molecular complexity index is 519. The van der Waals surface area contributed by atoms with E-state index >= 15 is 0 Å². The first-order valence-corrected chi connectivity index (χ1v) is 6.31. The van der Waals surface area contributed by atoms with Crippen LogP contribution in [0.3, 0.4) is 0 Å². The molecule has 17 heavy (non-hydrogen) atoms. The van der Waals surface area contributed by atoms with Crippen LogP contribution in [0.25, 0.3) is 11.0 Å². The molecule has 90 valence electrons. The van der Waals surface area contributed by atoms with Crippen molar-refractivity contribution in [3.8, 4) is 0 Å². The second-order valence-electron chi connectivity index (χ2n) is 4.39. The van der Waals surface area contributed by atoms with Crippen molar-refractivity contribution < 1.29 is 4.74 Å². The summed E-state index contributed by atoms with van der Waals surface area (Å²) in [6, 6.07) is 5.63. The van der Waals surface area contributed by atoms with Crippen LogP contribution in [0.5, 0.6) is 0 Å². The van der Waals surface area contributed by atoms with E-state index in [2.05, 4.69) is 10.3 Å². The molecule has 5 heteroatoms. The summed E-state index contributed by atoms with van der Waals surface area (Å²) in [5.74, 6) is 0. The fourth-order valence-electron chi connectivity index (χ4n) is 2.22. The van der Waals surface area contributed by atoms with Gasteiger partial charge in [-0.2, -0.15) is 0 Å². The minimum absolute atomic E-state index is 0.257. The summed E-state index contributed by atoms with van der Waals surface area (Å²) in [4.78, 5) is 0. The van der Waals surface area contributed by atoms with Gasteiger partial charge in [-0.1, -0.05) is 16.8 Å². The largest absolute Gasteiger partial charge is 0.376 e. The quantitative estimate of drug-likeness (QED) is 0.824. The molecule has 1 atom stereocenters. The maximum absolute atomic E-state index is 5.99. The van der Waals surface area contributed by atoms with Crippen LogP contribution in [-0.4, -0.2) is 27.7 Å². The van der Waals surface area contributed by atoms with E-state index in [1.54, 1.807) is 0 Å². The summed E-state index contributed by atoms with van der Waals surface area (Å²) in [5.41, 5.74) is 1.86. The Morgan fingerprint density at radius 2 is 2.35 bits per heavy atom. The summed E-state index contributed by atoms with van der Waals surface area (Å²) < 4.78 is 7.59. The molecule has 0 spiro atoms. The molecule has 0 amide bonds. The molecule has 1 aliphatic rings. The van der Waals surface area contributed by atoms with E-state index in [4.69, 9.17) is 16.3 Å². The highest BCUT2D eigenvalue weighted by Crippen LogP contribution is 2.19. The van der Waals surface area contributed by atoms with Gasteiger partial charge < -0.3 is 4.74 Å². The van der Waals surface area contributed by atoms with Crippen LogP contribution in [0.15, 0.2) is 18.2 Å². The molecular weight excluding hydrogens is 238 g/mol. The third-order valence-corrected chi connectivity index (χ3v) is 3.36. The monoisotopic (exact) mass is 251 g/mol. The van der Waals surface area contributed by atoms with E-state index in [9.17, 15) is 0 Å². The first-order valence-electron chi connectivity index (χ1n) is 5.93. The normalized spacial score (nSPS) is 20.9. The van der Waals surface area contributed by atoms with Crippen molar-refractivity contribution in [3.05, 3.63) is 23.2 Å². The molecule has 0 bridgehead atoms. The number of aromatic nitrogens is 3. The highest BCUT2D eigenvalue weighted by atomic mass is 35.5. The van der Waals surface area contributed by atoms with Crippen molar-refractivity contribution in [2.45, 2.75) is 31.9 Å². The van der Waals surface area contributed by atoms with Crippen LogP contribution < -0.4 is 0 Å². The van der Waals surface area contributed by atoms with Crippen LogP contribution in [-0.2, 0) is 11.3 Å². The second kappa shape index (κ2) is 4.63. The van der Waals surface area contributed by atoms with Crippen LogP contribution in [0.4, 0.5) is 0 Å². The summed E-state index contributed by atoms with van der Waals surface area (Å²) in [7, 11) is 0. The fraction of sp³-hybridized carbons (Fsp3) is 0.500. The number of hydrogen-bond acceptors (Lipinski definition) is 3.